The molecule has 2 atom stereocenters. The molecule has 7 nitrogen and oxygen atoms in total. The third-order valence-electron chi connectivity index (χ3n) is 5.33. The van der Waals surface area contributed by atoms with E-state index in [4.69, 9.17) is 5.73 Å². The molecule has 2 aliphatic rings. The Bertz CT molecular complexity index is 581. The van der Waals surface area contributed by atoms with E-state index in [1.165, 1.54) is 0 Å². The molecule has 2 aliphatic heterocycles. The van der Waals surface area contributed by atoms with Crippen LogP contribution >= 0.6 is 0 Å². The first kappa shape index (κ1) is 19.7. The van der Waals surface area contributed by atoms with Gasteiger partial charge in [0.1, 0.15) is 6.04 Å². The number of nitrogens with two attached hydrogens (primary N) is 1. The number of rotatable bonds is 4. The molecule has 2 rings (SSSR count). The van der Waals surface area contributed by atoms with Crippen molar-refractivity contribution in [2.75, 3.05) is 19.6 Å². The van der Waals surface area contributed by atoms with E-state index in [2.05, 4.69) is 5.32 Å². The van der Waals surface area contributed by atoms with Crippen molar-refractivity contribution in [3.8, 4) is 0 Å². The van der Waals surface area contributed by atoms with Crippen LogP contribution in [0, 0.1) is 5.41 Å². The van der Waals surface area contributed by atoms with Crippen LogP contribution in [0.15, 0.2) is 0 Å². The minimum absolute atomic E-state index is 0.0990. The molecular weight excluding hydrogens is 320 g/mol. The zero-order valence-electron chi connectivity index (χ0n) is 16.3. The average Bonchev–Trinajstić information content (AvgIpc) is 2.67. The predicted octanol–water partition coefficient (Wildman–Crippen LogP) is 0.478. The minimum atomic E-state index is -1.03. The highest BCUT2D eigenvalue weighted by Gasteiger charge is 2.55. The molecule has 2 unspecified atom stereocenters. The summed E-state index contributed by atoms with van der Waals surface area (Å²) in [6.45, 7) is 12.6. The fourth-order valence-electron chi connectivity index (χ4n) is 4.05. The molecular formula is C18H32N4O3. The van der Waals surface area contributed by atoms with Crippen molar-refractivity contribution in [3.05, 3.63) is 0 Å². The van der Waals surface area contributed by atoms with Crippen LogP contribution in [-0.2, 0) is 14.4 Å². The van der Waals surface area contributed by atoms with Crippen LogP contribution in [0.3, 0.4) is 0 Å². The lowest BCUT2D eigenvalue weighted by molar-refractivity contribution is -0.146. The molecule has 25 heavy (non-hydrogen) atoms. The Labute approximate surface area is 150 Å². The van der Waals surface area contributed by atoms with E-state index in [-0.39, 0.29) is 23.3 Å². The Kier molecular flexibility index (Phi) is 4.94. The fourth-order valence-corrected chi connectivity index (χ4v) is 4.05. The quantitative estimate of drug-likeness (QED) is 0.769. The number of carbonyl (C=O) groups is 3. The Hall–Kier alpha value is -1.63. The maximum atomic E-state index is 12.9. The standard InChI is InChI=1S/C18H32N4O3/c1-7-12(20-14(24)17(4,5)19)13(23)21-8-9-22-15(25)16(2,3)10-18(22,6)11-21/h12H,7-11,19H2,1-6H3,(H,20,24). The first-order valence-corrected chi connectivity index (χ1v) is 9.02. The van der Waals surface area contributed by atoms with Gasteiger partial charge < -0.3 is 20.9 Å². The van der Waals surface area contributed by atoms with Gasteiger partial charge in [0.05, 0.1) is 11.1 Å². The highest BCUT2D eigenvalue weighted by molar-refractivity contribution is 5.92. The topological polar surface area (TPSA) is 95.7 Å². The summed E-state index contributed by atoms with van der Waals surface area (Å²) in [5.74, 6) is -0.278. The van der Waals surface area contributed by atoms with Crippen LogP contribution in [-0.4, -0.2) is 64.3 Å². The van der Waals surface area contributed by atoms with Gasteiger partial charge in [0.2, 0.25) is 17.7 Å². The van der Waals surface area contributed by atoms with Crippen molar-refractivity contribution in [2.45, 2.75) is 71.5 Å². The molecule has 7 heteroatoms. The monoisotopic (exact) mass is 352 g/mol. The molecule has 3 amide bonds. The van der Waals surface area contributed by atoms with E-state index in [1.807, 2.05) is 32.6 Å². The molecule has 3 N–H and O–H groups in total. The number of carbonyl (C=O) groups excluding carboxylic acids is 3. The first-order chi connectivity index (χ1) is 11.3. The fraction of sp³-hybridized carbons (Fsp3) is 0.833. The van der Waals surface area contributed by atoms with E-state index in [9.17, 15) is 14.4 Å². The van der Waals surface area contributed by atoms with Crippen LogP contribution in [0.1, 0.15) is 54.4 Å². The Morgan fingerprint density at radius 2 is 1.88 bits per heavy atom. The summed E-state index contributed by atoms with van der Waals surface area (Å²) in [5.41, 5.74) is 4.05. The molecule has 0 spiro atoms. The van der Waals surface area contributed by atoms with Gasteiger partial charge in [-0.15, -0.1) is 0 Å². The second-order valence-electron chi connectivity index (χ2n) is 8.93. The van der Waals surface area contributed by atoms with Crippen molar-refractivity contribution in [1.29, 1.82) is 0 Å². The molecule has 2 fully saturated rings. The van der Waals surface area contributed by atoms with Crippen LogP contribution in [0.2, 0.25) is 0 Å². The second-order valence-corrected chi connectivity index (χ2v) is 8.93. The van der Waals surface area contributed by atoms with Crippen molar-refractivity contribution < 1.29 is 14.4 Å². The van der Waals surface area contributed by atoms with E-state index in [0.717, 1.165) is 6.42 Å². The van der Waals surface area contributed by atoms with E-state index in [0.29, 0.717) is 26.1 Å². The zero-order valence-corrected chi connectivity index (χ0v) is 16.3. The molecule has 142 valence electrons. The van der Waals surface area contributed by atoms with Crippen molar-refractivity contribution in [3.63, 3.8) is 0 Å². The van der Waals surface area contributed by atoms with Gasteiger partial charge in [-0.3, -0.25) is 14.4 Å². The summed E-state index contributed by atoms with van der Waals surface area (Å²) in [6.07, 6.45) is 1.23. The summed E-state index contributed by atoms with van der Waals surface area (Å²) in [6, 6.07) is -0.587. The SMILES string of the molecule is CCC(NC(=O)C(C)(C)N)C(=O)N1CCN2C(=O)C(C)(C)CC2(C)C1. The smallest absolute Gasteiger partial charge is 0.245 e. The summed E-state index contributed by atoms with van der Waals surface area (Å²) in [7, 11) is 0. The maximum absolute atomic E-state index is 12.9. The number of nitrogens with one attached hydrogen (secondary N) is 1. The lowest BCUT2D eigenvalue weighted by atomic mass is 9.83. The number of hydrogen-bond donors (Lipinski definition) is 2. The predicted molar refractivity (Wildman–Crippen MR) is 95.6 cm³/mol. The summed E-state index contributed by atoms with van der Waals surface area (Å²) >= 11 is 0. The minimum Gasteiger partial charge on any atom is -0.343 e. The van der Waals surface area contributed by atoms with E-state index >= 15 is 0 Å². The molecule has 0 aliphatic carbocycles. The van der Waals surface area contributed by atoms with Crippen LogP contribution in [0.4, 0.5) is 0 Å². The van der Waals surface area contributed by atoms with Gasteiger partial charge in [-0.2, -0.15) is 0 Å². The van der Waals surface area contributed by atoms with Gasteiger partial charge in [0.25, 0.3) is 0 Å². The highest BCUT2D eigenvalue weighted by Crippen LogP contribution is 2.44. The molecule has 0 saturated carbocycles. The number of nitrogens with zero attached hydrogens (tertiary/aromatic N) is 2. The third kappa shape index (κ3) is 3.66. The van der Waals surface area contributed by atoms with Crippen molar-refractivity contribution in [1.82, 2.24) is 15.1 Å². The van der Waals surface area contributed by atoms with E-state index < -0.39 is 17.0 Å². The Morgan fingerprint density at radius 3 is 2.40 bits per heavy atom. The zero-order chi connectivity index (χ0) is 19.2. The normalized spacial score (nSPS) is 27.1. The number of piperazine rings is 1. The Morgan fingerprint density at radius 1 is 1.28 bits per heavy atom. The maximum Gasteiger partial charge on any atom is 0.245 e. The van der Waals surface area contributed by atoms with Gasteiger partial charge in [0, 0.05) is 25.0 Å². The highest BCUT2D eigenvalue weighted by atomic mass is 16.2. The van der Waals surface area contributed by atoms with Gasteiger partial charge in [-0.25, -0.2) is 0 Å². The van der Waals surface area contributed by atoms with Gasteiger partial charge in [-0.05, 0) is 33.6 Å². The second kappa shape index (κ2) is 6.27. The molecule has 0 aromatic heterocycles. The van der Waals surface area contributed by atoms with Crippen LogP contribution < -0.4 is 11.1 Å². The largest absolute Gasteiger partial charge is 0.343 e. The van der Waals surface area contributed by atoms with Crippen LogP contribution in [0.5, 0.6) is 0 Å². The van der Waals surface area contributed by atoms with Gasteiger partial charge >= 0.3 is 0 Å². The van der Waals surface area contributed by atoms with Crippen LogP contribution in [0.25, 0.3) is 0 Å². The first-order valence-electron chi connectivity index (χ1n) is 9.02. The molecule has 2 saturated heterocycles. The third-order valence-corrected chi connectivity index (χ3v) is 5.33. The molecule has 0 aromatic carbocycles. The van der Waals surface area contributed by atoms with Crippen molar-refractivity contribution >= 4 is 17.7 Å². The molecule has 0 bridgehead atoms. The molecule has 0 aromatic rings. The van der Waals surface area contributed by atoms with E-state index in [1.54, 1.807) is 18.7 Å². The number of hydrogen-bond acceptors (Lipinski definition) is 4. The number of amides is 3. The lowest BCUT2D eigenvalue weighted by Crippen LogP contribution is -2.63. The van der Waals surface area contributed by atoms with Crippen molar-refractivity contribution in [2.24, 2.45) is 11.1 Å². The van der Waals surface area contributed by atoms with Gasteiger partial charge in [-0.1, -0.05) is 20.8 Å². The lowest BCUT2D eigenvalue weighted by Gasteiger charge is -2.45. The summed E-state index contributed by atoms with van der Waals surface area (Å²) in [4.78, 5) is 41.3. The summed E-state index contributed by atoms with van der Waals surface area (Å²) in [5, 5.41) is 2.77. The van der Waals surface area contributed by atoms with Gasteiger partial charge in [0.15, 0.2) is 0 Å². The molecule has 0 radical (unpaired) electrons. The molecule has 2 heterocycles. The summed E-state index contributed by atoms with van der Waals surface area (Å²) < 4.78 is 0. The number of fused-ring (bicyclic) bond motifs is 1. The average molecular weight is 352 g/mol. The Balaban J connectivity index is 2.11.